The molecule has 154 valence electrons. The molecule has 5 aromatic rings. The third kappa shape index (κ3) is 4.14. The largest absolute Gasteiger partial charge is 0.453 e. The molecule has 0 saturated heterocycles. The number of para-hydroxylation sites is 1. The predicted molar refractivity (Wildman–Crippen MR) is 126 cm³/mol. The maximum atomic E-state index is 6.11. The van der Waals surface area contributed by atoms with E-state index in [4.69, 9.17) is 4.42 Å². The lowest BCUT2D eigenvalue weighted by atomic mass is 10.1. The van der Waals surface area contributed by atoms with Gasteiger partial charge in [0, 0.05) is 11.1 Å². The van der Waals surface area contributed by atoms with E-state index < -0.39 is 0 Å². The minimum atomic E-state index is 0.690. The molecule has 0 aliphatic carbocycles. The molecule has 0 radical (unpaired) electrons. The maximum absolute atomic E-state index is 6.11. The zero-order valence-corrected chi connectivity index (χ0v) is 18.4. The average molecular weight is 426 g/mol. The van der Waals surface area contributed by atoms with Crippen LogP contribution in [0.2, 0.25) is 0 Å². The number of aryl methyl sites for hydroxylation is 2. The minimum Gasteiger partial charge on any atom is -0.453 e. The molecule has 0 bridgehead atoms. The van der Waals surface area contributed by atoms with Crippen LogP contribution >= 0.6 is 11.8 Å². The van der Waals surface area contributed by atoms with Gasteiger partial charge < -0.3 is 4.42 Å². The highest BCUT2D eigenvalue weighted by molar-refractivity contribution is 7.98. The molecule has 0 aliphatic rings. The van der Waals surface area contributed by atoms with Crippen molar-refractivity contribution in [3.8, 4) is 11.6 Å². The van der Waals surface area contributed by atoms with Crippen LogP contribution in [0.25, 0.3) is 22.6 Å². The fourth-order valence-electron chi connectivity index (χ4n) is 3.73. The summed E-state index contributed by atoms with van der Waals surface area (Å²) in [6, 6.07) is 27.1. The SMILES string of the molecule is Cc1ccc(CSc2nnc(-c3cc4ccccc4o3)n2Cc2ccccc2)c(C)c1. The molecule has 0 amide bonds. The van der Waals surface area contributed by atoms with Crippen molar-refractivity contribution in [3.05, 3.63) is 101 Å². The Morgan fingerprint density at radius 3 is 2.48 bits per heavy atom. The minimum absolute atomic E-state index is 0.690. The summed E-state index contributed by atoms with van der Waals surface area (Å²) in [5.41, 5.74) is 5.96. The highest BCUT2D eigenvalue weighted by Crippen LogP contribution is 2.31. The van der Waals surface area contributed by atoms with Gasteiger partial charge in [-0.25, -0.2) is 0 Å². The molecule has 4 nitrogen and oxygen atoms in total. The number of furan rings is 1. The van der Waals surface area contributed by atoms with Crippen LogP contribution in [0.3, 0.4) is 0 Å². The van der Waals surface area contributed by atoms with Gasteiger partial charge in [-0.2, -0.15) is 0 Å². The normalized spacial score (nSPS) is 11.3. The van der Waals surface area contributed by atoms with E-state index in [1.165, 1.54) is 22.3 Å². The summed E-state index contributed by atoms with van der Waals surface area (Å²) >= 11 is 1.71. The summed E-state index contributed by atoms with van der Waals surface area (Å²) in [5.74, 6) is 2.34. The van der Waals surface area contributed by atoms with Crippen molar-refractivity contribution in [2.24, 2.45) is 0 Å². The average Bonchev–Trinajstić information content (AvgIpc) is 3.38. The monoisotopic (exact) mass is 425 g/mol. The summed E-state index contributed by atoms with van der Waals surface area (Å²) in [6.45, 7) is 4.98. The first-order valence-electron chi connectivity index (χ1n) is 10.3. The molecule has 0 unspecified atom stereocenters. The number of aromatic nitrogens is 3. The first-order chi connectivity index (χ1) is 15.2. The van der Waals surface area contributed by atoms with Crippen molar-refractivity contribution in [3.63, 3.8) is 0 Å². The van der Waals surface area contributed by atoms with E-state index in [1.54, 1.807) is 11.8 Å². The first-order valence-corrected chi connectivity index (χ1v) is 11.3. The molecule has 0 N–H and O–H groups in total. The van der Waals surface area contributed by atoms with Gasteiger partial charge in [-0.1, -0.05) is 84.1 Å². The zero-order valence-electron chi connectivity index (χ0n) is 17.6. The smallest absolute Gasteiger partial charge is 0.200 e. The lowest BCUT2D eigenvalue weighted by Gasteiger charge is -2.10. The molecule has 31 heavy (non-hydrogen) atoms. The molecular formula is C26H23N3OS. The number of nitrogens with zero attached hydrogens (tertiary/aromatic N) is 3. The molecule has 0 fully saturated rings. The molecule has 5 rings (SSSR count). The number of rotatable bonds is 6. The van der Waals surface area contributed by atoms with E-state index in [0.717, 1.165) is 33.5 Å². The molecule has 2 heterocycles. The number of fused-ring (bicyclic) bond motifs is 1. The van der Waals surface area contributed by atoms with Crippen molar-refractivity contribution in [1.29, 1.82) is 0 Å². The zero-order chi connectivity index (χ0) is 21.2. The Morgan fingerprint density at radius 2 is 1.68 bits per heavy atom. The van der Waals surface area contributed by atoms with Gasteiger partial charge in [-0.05, 0) is 42.7 Å². The van der Waals surface area contributed by atoms with E-state index in [9.17, 15) is 0 Å². The standard InChI is InChI=1S/C26H23N3OS/c1-18-12-13-22(19(2)14-18)17-31-26-28-27-25(29(26)16-20-8-4-3-5-9-20)24-15-21-10-6-7-11-23(21)30-24/h3-15H,16-17H2,1-2H3. The van der Waals surface area contributed by atoms with Crippen LogP contribution < -0.4 is 0 Å². The van der Waals surface area contributed by atoms with Gasteiger partial charge in [-0.3, -0.25) is 4.57 Å². The topological polar surface area (TPSA) is 43.9 Å². The Bertz CT molecular complexity index is 1300. The van der Waals surface area contributed by atoms with Crippen LogP contribution in [0.5, 0.6) is 0 Å². The van der Waals surface area contributed by atoms with Gasteiger partial charge in [-0.15, -0.1) is 10.2 Å². The maximum Gasteiger partial charge on any atom is 0.200 e. The lowest BCUT2D eigenvalue weighted by Crippen LogP contribution is -2.04. The quantitative estimate of drug-likeness (QED) is 0.286. The highest BCUT2D eigenvalue weighted by Gasteiger charge is 2.18. The fourth-order valence-corrected chi connectivity index (χ4v) is 4.74. The van der Waals surface area contributed by atoms with Crippen molar-refractivity contribution >= 4 is 22.7 Å². The summed E-state index contributed by atoms with van der Waals surface area (Å²) in [5, 5.41) is 11.0. The second kappa shape index (κ2) is 8.44. The fraction of sp³-hybridized carbons (Fsp3) is 0.154. The molecule has 0 atom stereocenters. The Balaban J connectivity index is 1.51. The van der Waals surface area contributed by atoms with E-state index in [0.29, 0.717) is 6.54 Å². The summed E-state index contributed by atoms with van der Waals surface area (Å²) < 4.78 is 8.26. The van der Waals surface area contributed by atoms with Crippen LogP contribution in [0.15, 0.2) is 88.4 Å². The van der Waals surface area contributed by atoms with E-state index in [-0.39, 0.29) is 0 Å². The molecular weight excluding hydrogens is 402 g/mol. The molecule has 0 saturated carbocycles. The lowest BCUT2D eigenvalue weighted by molar-refractivity contribution is 0.611. The molecule has 3 aromatic carbocycles. The van der Waals surface area contributed by atoms with Crippen molar-refractivity contribution in [2.75, 3.05) is 0 Å². The van der Waals surface area contributed by atoms with Crippen LogP contribution in [0.4, 0.5) is 0 Å². The van der Waals surface area contributed by atoms with Crippen LogP contribution in [0, 0.1) is 13.8 Å². The van der Waals surface area contributed by atoms with Gasteiger partial charge in [0.25, 0.3) is 0 Å². The van der Waals surface area contributed by atoms with Crippen molar-refractivity contribution < 1.29 is 4.42 Å². The second-order valence-corrected chi connectivity index (χ2v) is 8.69. The molecule has 0 aliphatic heterocycles. The van der Waals surface area contributed by atoms with Gasteiger partial charge in [0.2, 0.25) is 5.82 Å². The Kier molecular flexibility index (Phi) is 5.35. The number of thioether (sulfide) groups is 1. The summed E-state index contributed by atoms with van der Waals surface area (Å²) in [4.78, 5) is 0. The van der Waals surface area contributed by atoms with Crippen LogP contribution in [0.1, 0.15) is 22.3 Å². The van der Waals surface area contributed by atoms with Gasteiger partial charge >= 0.3 is 0 Å². The van der Waals surface area contributed by atoms with Gasteiger partial charge in [0.15, 0.2) is 10.9 Å². The second-order valence-electron chi connectivity index (χ2n) is 7.75. The predicted octanol–water partition coefficient (Wildman–Crippen LogP) is 6.65. The molecule has 2 aromatic heterocycles. The van der Waals surface area contributed by atoms with Crippen LogP contribution in [-0.2, 0) is 12.3 Å². The molecule has 5 heteroatoms. The Hall–Kier alpha value is -3.31. The Morgan fingerprint density at radius 1 is 0.871 bits per heavy atom. The van der Waals surface area contributed by atoms with Crippen molar-refractivity contribution in [2.45, 2.75) is 31.3 Å². The van der Waals surface area contributed by atoms with E-state index in [2.05, 4.69) is 77.1 Å². The number of hydrogen-bond donors (Lipinski definition) is 0. The number of hydrogen-bond acceptors (Lipinski definition) is 4. The third-order valence-electron chi connectivity index (χ3n) is 5.40. The summed E-state index contributed by atoms with van der Waals surface area (Å²) in [6.07, 6.45) is 0. The third-order valence-corrected chi connectivity index (χ3v) is 6.42. The van der Waals surface area contributed by atoms with Crippen LogP contribution in [-0.4, -0.2) is 14.8 Å². The number of benzene rings is 3. The first kappa shape index (κ1) is 19.6. The Labute approximate surface area is 185 Å². The van der Waals surface area contributed by atoms with E-state index >= 15 is 0 Å². The molecule has 0 spiro atoms. The summed E-state index contributed by atoms with van der Waals surface area (Å²) in [7, 11) is 0. The van der Waals surface area contributed by atoms with Crippen molar-refractivity contribution in [1.82, 2.24) is 14.8 Å². The highest BCUT2D eigenvalue weighted by atomic mass is 32.2. The van der Waals surface area contributed by atoms with Gasteiger partial charge in [0.1, 0.15) is 5.58 Å². The van der Waals surface area contributed by atoms with E-state index in [1.807, 2.05) is 30.3 Å². The van der Waals surface area contributed by atoms with Gasteiger partial charge in [0.05, 0.1) is 6.54 Å².